The smallest absolute Gasteiger partial charge is 0.0636 e. The molecular weight excluding hydrogens is 136 g/mol. The van der Waals surface area contributed by atoms with E-state index in [2.05, 4.69) is 5.43 Å². The zero-order valence-electron chi connectivity index (χ0n) is 5.89. The molecule has 56 valence electrons. The number of hydrogen-bond donors (Lipinski definition) is 2. The summed E-state index contributed by atoms with van der Waals surface area (Å²) >= 11 is 1.74. The minimum Gasteiger partial charge on any atom is -0.384 e. The molecule has 0 radical (unpaired) electrons. The maximum atomic E-state index is 5.14. The first-order valence-corrected chi connectivity index (χ1v) is 3.92. The number of nitrogens with one attached hydrogen (secondary N) is 1. The molecule has 1 unspecified atom stereocenters. The van der Waals surface area contributed by atoms with E-state index in [-0.39, 0.29) is 0 Å². The van der Waals surface area contributed by atoms with Crippen LogP contribution in [-0.4, -0.2) is 24.8 Å². The van der Waals surface area contributed by atoms with Gasteiger partial charge >= 0.3 is 0 Å². The van der Waals surface area contributed by atoms with Crippen LogP contribution in [0.5, 0.6) is 0 Å². The number of rotatable bonds is 5. The van der Waals surface area contributed by atoms with Crippen molar-refractivity contribution in [2.24, 2.45) is 5.84 Å². The largest absolute Gasteiger partial charge is 0.384 e. The van der Waals surface area contributed by atoms with Gasteiger partial charge in [-0.3, -0.25) is 5.84 Å². The molecule has 0 aliphatic heterocycles. The number of thioether (sulfide) groups is 1. The minimum absolute atomic E-state index is 0.320. The maximum absolute atomic E-state index is 5.14. The van der Waals surface area contributed by atoms with Crippen molar-refractivity contribution in [1.82, 2.24) is 5.43 Å². The Hall–Kier alpha value is 0.230. The van der Waals surface area contributed by atoms with Crippen molar-refractivity contribution in [2.75, 3.05) is 19.5 Å². The molecule has 1 atom stereocenters. The summed E-state index contributed by atoms with van der Waals surface area (Å²) in [6.07, 6.45) is 0. The third-order valence-electron chi connectivity index (χ3n) is 0.890. The van der Waals surface area contributed by atoms with Crippen LogP contribution in [0.15, 0.2) is 0 Å². The third kappa shape index (κ3) is 6.11. The molecule has 0 saturated heterocycles. The van der Waals surface area contributed by atoms with Gasteiger partial charge in [0.25, 0.3) is 0 Å². The second-order valence-corrected chi connectivity index (χ2v) is 3.12. The highest BCUT2D eigenvalue weighted by Crippen LogP contribution is 2.04. The SMILES string of the molecule is COCCSC(C)NN. The van der Waals surface area contributed by atoms with Crippen molar-refractivity contribution < 1.29 is 4.74 Å². The van der Waals surface area contributed by atoms with Crippen molar-refractivity contribution in [3.05, 3.63) is 0 Å². The Kier molecular flexibility index (Phi) is 6.51. The molecule has 4 heteroatoms. The molecule has 0 bridgehead atoms. The lowest BCUT2D eigenvalue weighted by molar-refractivity contribution is 0.218. The van der Waals surface area contributed by atoms with Crippen molar-refractivity contribution in [3.8, 4) is 0 Å². The normalized spacial score (nSPS) is 13.7. The summed E-state index contributed by atoms with van der Waals surface area (Å²) in [4.78, 5) is 0. The summed E-state index contributed by atoms with van der Waals surface area (Å²) in [7, 11) is 1.70. The minimum atomic E-state index is 0.320. The number of ether oxygens (including phenoxy) is 1. The Morgan fingerprint density at radius 1 is 1.78 bits per heavy atom. The number of methoxy groups -OCH3 is 1. The molecule has 0 spiro atoms. The van der Waals surface area contributed by atoms with Gasteiger partial charge in [0.2, 0.25) is 0 Å². The van der Waals surface area contributed by atoms with Crippen LogP contribution in [0.1, 0.15) is 6.92 Å². The first-order chi connectivity index (χ1) is 4.31. The van der Waals surface area contributed by atoms with Crippen molar-refractivity contribution >= 4 is 11.8 Å². The molecule has 0 aromatic carbocycles. The third-order valence-corrected chi connectivity index (χ3v) is 1.93. The molecule has 0 aliphatic rings. The van der Waals surface area contributed by atoms with E-state index in [0.29, 0.717) is 5.37 Å². The van der Waals surface area contributed by atoms with Crippen LogP contribution in [0.2, 0.25) is 0 Å². The van der Waals surface area contributed by atoms with Gasteiger partial charge in [-0.15, -0.1) is 11.8 Å². The average Bonchev–Trinajstić information content (AvgIpc) is 1.89. The van der Waals surface area contributed by atoms with Crippen LogP contribution in [0, 0.1) is 0 Å². The van der Waals surface area contributed by atoms with Crippen LogP contribution < -0.4 is 11.3 Å². The van der Waals surface area contributed by atoms with E-state index in [9.17, 15) is 0 Å². The Labute approximate surface area is 60.3 Å². The number of hydrogen-bond acceptors (Lipinski definition) is 4. The Balaban J connectivity index is 2.88. The van der Waals surface area contributed by atoms with Crippen molar-refractivity contribution in [3.63, 3.8) is 0 Å². The first kappa shape index (κ1) is 9.23. The van der Waals surface area contributed by atoms with Gasteiger partial charge in [0, 0.05) is 12.9 Å². The summed E-state index contributed by atoms with van der Waals surface area (Å²) in [5, 5.41) is 0.320. The average molecular weight is 150 g/mol. The van der Waals surface area contributed by atoms with E-state index in [4.69, 9.17) is 10.6 Å². The van der Waals surface area contributed by atoms with Gasteiger partial charge in [-0.1, -0.05) is 0 Å². The van der Waals surface area contributed by atoms with E-state index < -0.39 is 0 Å². The van der Waals surface area contributed by atoms with Gasteiger partial charge in [-0.05, 0) is 6.92 Å². The Morgan fingerprint density at radius 2 is 2.44 bits per heavy atom. The van der Waals surface area contributed by atoms with E-state index in [0.717, 1.165) is 12.4 Å². The fraction of sp³-hybridized carbons (Fsp3) is 1.00. The lowest BCUT2D eigenvalue weighted by Gasteiger charge is -2.07. The Morgan fingerprint density at radius 3 is 2.89 bits per heavy atom. The predicted octanol–water partition coefficient (Wildman–Crippen LogP) is 0.175. The summed E-state index contributed by atoms with van der Waals surface area (Å²) < 4.78 is 4.85. The summed E-state index contributed by atoms with van der Waals surface area (Å²) in [6.45, 7) is 2.80. The monoisotopic (exact) mass is 150 g/mol. The first-order valence-electron chi connectivity index (χ1n) is 2.88. The van der Waals surface area contributed by atoms with Gasteiger partial charge in [0.15, 0.2) is 0 Å². The van der Waals surface area contributed by atoms with Crippen molar-refractivity contribution in [1.29, 1.82) is 0 Å². The van der Waals surface area contributed by atoms with Gasteiger partial charge in [0.1, 0.15) is 0 Å². The van der Waals surface area contributed by atoms with E-state index in [1.54, 1.807) is 18.9 Å². The molecular formula is C5H14N2OS. The van der Waals surface area contributed by atoms with E-state index in [1.165, 1.54) is 0 Å². The van der Waals surface area contributed by atoms with Crippen LogP contribution in [0.4, 0.5) is 0 Å². The van der Waals surface area contributed by atoms with Crippen molar-refractivity contribution in [2.45, 2.75) is 12.3 Å². The Bertz CT molecular complexity index is 62.9. The second kappa shape index (κ2) is 6.35. The second-order valence-electron chi connectivity index (χ2n) is 1.67. The molecule has 0 fully saturated rings. The van der Waals surface area contributed by atoms with E-state index in [1.807, 2.05) is 6.92 Å². The van der Waals surface area contributed by atoms with Gasteiger partial charge in [0.05, 0.1) is 12.0 Å². The topological polar surface area (TPSA) is 47.3 Å². The van der Waals surface area contributed by atoms with Gasteiger partial charge < -0.3 is 4.74 Å². The zero-order valence-corrected chi connectivity index (χ0v) is 6.70. The molecule has 0 aromatic rings. The van der Waals surface area contributed by atoms with Crippen LogP contribution >= 0.6 is 11.8 Å². The maximum Gasteiger partial charge on any atom is 0.0636 e. The molecule has 0 heterocycles. The summed E-state index contributed by atoms with van der Waals surface area (Å²) in [5.41, 5.74) is 2.63. The molecule has 3 nitrogen and oxygen atoms in total. The molecule has 0 aliphatic carbocycles. The standard InChI is InChI=1S/C5H14N2OS/c1-5(7-6)9-4-3-8-2/h5,7H,3-4,6H2,1-2H3. The fourth-order valence-corrected chi connectivity index (χ4v) is 1.07. The molecule has 0 aromatic heterocycles. The fourth-order valence-electron chi connectivity index (χ4n) is 0.356. The number of nitrogens with two attached hydrogens (primary N) is 1. The highest BCUT2D eigenvalue weighted by Gasteiger charge is 1.95. The molecule has 0 rings (SSSR count). The lowest BCUT2D eigenvalue weighted by atomic mass is 10.8. The molecule has 9 heavy (non-hydrogen) atoms. The highest BCUT2D eigenvalue weighted by molar-refractivity contribution is 7.99. The summed E-state index contributed by atoms with van der Waals surface area (Å²) in [5.74, 6) is 6.13. The quantitative estimate of drug-likeness (QED) is 0.254. The molecule has 3 N–H and O–H groups in total. The van der Waals surface area contributed by atoms with Crippen LogP contribution in [-0.2, 0) is 4.74 Å². The summed E-state index contributed by atoms with van der Waals surface area (Å²) in [6, 6.07) is 0. The van der Waals surface area contributed by atoms with Crippen LogP contribution in [0.3, 0.4) is 0 Å². The number of hydrazine groups is 1. The predicted molar refractivity (Wildman–Crippen MR) is 41.1 cm³/mol. The van der Waals surface area contributed by atoms with Gasteiger partial charge in [-0.2, -0.15) is 0 Å². The lowest BCUT2D eigenvalue weighted by Crippen LogP contribution is -2.30. The zero-order chi connectivity index (χ0) is 7.11. The molecule has 0 amide bonds. The van der Waals surface area contributed by atoms with Crippen LogP contribution in [0.25, 0.3) is 0 Å². The highest BCUT2D eigenvalue weighted by atomic mass is 32.2. The van der Waals surface area contributed by atoms with Gasteiger partial charge in [-0.25, -0.2) is 5.43 Å². The molecule has 0 saturated carbocycles. The van der Waals surface area contributed by atoms with E-state index >= 15 is 0 Å².